The van der Waals surface area contributed by atoms with Crippen molar-refractivity contribution < 1.29 is 5.11 Å². The second-order valence-electron chi connectivity index (χ2n) is 8.83. The van der Waals surface area contributed by atoms with E-state index in [9.17, 15) is 5.11 Å². The highest BCUT2D eigenvalue weighted by Crippen LogP contribution is 2.42. The lowest BCUT2D eigenvalue weighted by Crippen LogP contribution is -2.18. The first-order valence-electron chi connectivity index (χ1n) is 8.98. The Morgan fingerprint density at radius 2 is 1.46 bits per heavy atom. The molecule has 0 aliphatic rings. The Bertz CT molecular complexity index is 684. The molecule has 1 nitrogen and oxygen atoms in total. The maximum Gasteiger partial charge on any atom is 0.123 e. The van der Waals surface area contributed by atoms with Gasteiger partial charge in [-0.1, -0.05) is 90.9 Å². The number of aromatic hydroxyl groups is 1. The summed E-state index contributed by atoms with van der Waals surface area (Å²) in [5, 5.41) is 11.1. The van der Waals surface area contributed by atoms with Crippen molar-refractivity contribution in [1.82, 2.24) is 0 Å². The molecule has 0 aliphatic heterocycles. The molecular weight excluding hydrogens is 292 g/mol. The van der Waals surface area contributed by atoms with E-state index in [4.69, 9.17) is 0 Å². The predicted molar refractivity (Wildman–Crippen MR) is 104 cm³/mol. The van der Waals surface area contributed by atoms with Crippen molar-refractivity contribution >= 4 is 0 Å². The van der Waals surface area contributed by atoms with E-state index in [0.717, 1.165) is 17.5 Å². The van der Waals surface area contributed by atoms with E-state index in [1.807, 2.05) is 6.07 Å². The van der Waals surface area contributed by atoms with Crippen molar-refractivity contribution in [2.75, 3.05) is 0 Å². The molecule has 0 heterocycles. The van der Waals surface area contributed by atoms with Crippen LogP contribution in [-0.4, -0.2) is 5.11 Å². The van der Waals surface area contributed by atoms with Crippen molar-refractivity contribution in [3.8, 4) is 5.75 Å². The van der Waals surface area contributed by atoms with Crippen molar-refractivity contribution in [2.24, 2.45) is 0 Å². The van der Waals surface area contributed by atoms with Gasteiger partial charge in [-0.25, -0.2) is 0 Å². The fourth-order valence-corrected chi connectivity index (χ4v) is 3.25. The maximum atomic E-state index is 11.1. The highest BCUT2D eigenvalue weighted by Gasteiger charge is 2.27. The fraction of sp³-hybridized carbons (Fsp3) is 0.478. The Labute approximate surface area is 147 Å². The molecule has 0 radical (unpaired) electrons. The van der Waals surface area contributed by atoms with Gasteiger partial charge in [0.25, 0.3) is 0 Å². The lowest BCUT2D eigenvalue weighted by Gasteiger charge is -2.29. The first-order valence-corrected chi connectivity index (χ1v) is 8.98. The molecule has 0 unspecified atom stereocenters. The van der Waals surface area contributed by atoms with Gasteiger partial charge in [0.15, 0.2) is 0 Å². The van der Waals surface area contributed by atoms with Gasteiger partial charge in [-0.05, 0) is 33.9 Å². The zero-order valence-electron chi connectivity index (χ0n) is 16.3. The molecule has 0 aromatic heterocycles. The van der Waals surface area contributed by atoms with Crippen LogP contribution in [0.5, 0.6) is 5.75 Å². The number of rotatable bonds is 3. The number of benzene rings is 2. The Balaban J connectivity index is 2.72. The van der Waals surface area contributed by atoms with Crippen LogP contribution < -0.4 is 0 Å². The molecule has 0 aliphatic carbocycles. The zero-order chi connectivity index (χ0) is 18.1. The molecule has 2 aromatic carbocycles. The smallest absolute Gasteiger partial charge is 0.123 e. The molecule has 2 rings (SSSR count). The average Bonchev–Trinajstić information content (AvgIpc) is 2.48. The normalized spacial score (nSPS) is 13.8. The van der Waals surface area contributed by atoms with Crippen LogP contribution in [0, 0.1) is 0 Å². The maximum absolute atomic E-state index is 11.1. The van der Waals surface area contributed by atoms with Gasteiger partial charge in [-0.15, -0.1) is 0 Å². The Morgan fingerprint density at radius 1 is 0.875 bits per heavy atom. The fourth-order valence-electron chi connectivity index (χ4n) is 3.25. The van der Waals surface area contributed by atoms with E-state index in [1.54, 1.807) is 0 Å². The van der Waals surface area contributed by atoms with Crippen molar-refractivity contribution in [1.29, 1.82) is 0 Å². The van der Waals surface area contributed by atoms with E-state index >= 15 is 0 Å². The first-order chi connectivity index (χ1) is 11.1. The summed E-state index contributed by atoms with van der Waals surface area (Å²) in [5.74, 6) is 0.681. The van der Waals surface area contributed by atoms with E-state index in [1.165, 1.54) is 11.1 Å². The van der Waals surface area contributed by atoms with Crippen LogP contribution in [0.3, 0.4) is 0 Å². The number of phenolic OH excluding ortho intramolecular Hbond substituents is 1. The van der Waals surface area contributed by atoms with E-state index in [-0.39, 0.29) is 16.7 Å². The number of hydrogen-bond donors (Lipinski definition) is 1. The molecule has 1 atom stereocenters. The molecular formula is C23H32O. The zero-order valence-corrected chi connectivity index (χ0v) is 16.3. The standard InChI is InChI=1S/C23H32O/c1-8-18(16-12-10-9-11-13-16)19-14-17(22(2,3)4)15-20(21(19)24)23(5,6)7/h9-15,18,24H,8H2,1-7H3/t18-/m1/s1. The molecule has 0 bridgehead atoms. The predicted octanol–water partition coefficient (Wildman–Crippen LogP) is 6.53. The molecule has 1 N–H and O–H groups in total. The highest BCUT2D eigenvalue weighted by atomic mass is 16.3. The van der Waals surface area contributed by atoms with Gasteiger partial charge in [-0.2, -0.15) is 0 Å². The first kappa shape index (κ1) is 18.6. The van der Waals surface area contributed by atoms with Crippen molar-refractivity contribution in [3.63, 3.8) is 0 Å². The molecule has 0 amide bonds. The molecule has 0 fully saturated rings. The van der Waals surface area contributed by atoms with Crippen LogP contribution in [-0.2, 0) is 10.8 Å². The summed E-state index contributed by atoms with van der Waals surface area (Å²) in [6.07, 6.45) is 0.967. The minimum Gasteiger partial charge on any atom is -0.507 e. The third-order valence-corrected chi connectivity index (χ3v) is 4.80. The second-order valence-corrected chi connectivity index (χ2v) is 8.83. The molecule has 0 spiro atoms. The minimum absolute atomic E-state index is 0.0530. The summed E-state index contributed by atoms with van der Waals surface area (Å²) in [5.41, 5.74) is 4.61. The quantitative estimate of drug-likeness (QED) is 0.680. The van der Waals surface area contributed by atoms with Gasteiger partial charge in [0.05, 0.1) is 0 Å². The van der Waals surface area contributed by atoms with Crippen LogP contribution in [0.2, 0.25) is 0 Å². The Hall–Kier alpha value is -1.76. The summed E-state index contributed by atoms with van der Waals surface area (Å²) in [6, 6.07) is 14.9. The van der Waals surface area contributed by atoms with E-state index in [2.05, 4.69) is 84.9 Å². The van der Waals surface area contributed by atoms with Crippen molar-refractivity contribution in [2.45, 2.75) is 71.6 Å². The summed E-state index contributed by atoms with van der Waals surface area (Å²) in [7, 11) is 0. The molecule has 0 saturated carbocycles. The third kappa shape index (κ3) is 3.83. The largest absolute Gasteiger partial charge is 0.507 e. The molecule has 0 saturated heterocycles. The minimum atomic E-state index is -0.0882. The molecule has 2 aromatic rings. The number of phenols is 1. The van der Waals surface area contributed by atoms with E-state index in [0.29, 0.717) is 5.75 Å². The van der Waals surface area contributed by atoms with Crippen LogP contribution in [0.1, 0.15) is 83.1 Å². The van der Waals surface area contributed by atoms with E-state index < -0.39 is 0 Å². The van der Waals surface area contributed by atoms with Gasteiger partial charge in [0.1, 0.15) is 5.75 Å². The Morgan fingerprint density at radius 3 is 1.92 bits per heavy atom. The summed E-state index contributed by atoms with van der Waals surface area (Å²) >= 11 is 0. The van der Waals surface area contributed by atoms with Gasteiger partial charge >= 0.3 is 0 Å². The van der Waals surface area contributed by atoms with Crippen LogP contribution in [0.25, 0.3) is 0 Å². The van der Waals surface area contributed by atoms with Crippen LogP contribution in [0.4, 0.5) is 0 Å². The van der Waals surface area contributed by atoms with Crippen molar-refractivity contribution in [3.05, 3.63) is 64.7 Å². The summed E-state index contributed by atoms with van der Waals surface area (Å²) < 4.78 is 0. The topological polar surface area (TPSA) is 20.2 Å². The monoisotopic (exact) mass is 324 g/mol. The third-order valence-electron chi connectivity index (χ3n) is 4.80. The average molecular weight is 325 g/mol. The SMILES string of the molecule is CC[C@H](c1ccccc1)c1cc(C(C)(C)C)cc(C(C)(C)C)c1O. The lowest BCUT2D eigenvalue weighted by atomic mass is 9.76. The van der Waals surface area contributed by atoms with Gasteiger partial charge in [0.2, 0.25) is 0 Å². The summed E-state index contributed by atoms with van der Waals surface area (Å²) in [6.45, 7) is 15.4. The molecule has 24 heavy (non-hydrogen) atoms. The van der Waals surface area contributed by atoms with Crippen LogP contribution in [0.15, 0.2) is 42.5 Å². The van der Waals surface area contributed by atoms with Gasteiger partial charge in [0, 0.05) is 11.5 Å². The number of hydrogen-bond acceptors (Lipinski definition) is 1. The summed E-state index contributed by atoms with van der Waals surface area (Å²) in [4.78, 5) is 0. The molecule has 130 valence electrons. The molecule has 1 heteroatoms. The highest BCUT2D eigenvalue weighted by molar-refractivity contribution is 5.52. The van der Waals surface area contributed by atoms with Gasteiger partial charge in [-0.3, -0.25) is 0 Å². The van der Waals surface area contributed by atoms with Gasteiger partial charge < -0.3 is 5.11 Å². The lowest BCUT2D eigenvalue weighted by molar-refractivity contribution is 0.434. The Kier molecular flexibility index (Phi) is 5.13. The van der Waals surface area contributed by atoms with Crippen LogP contribution >= 0.6 is 0 Å². The second kappa shape index (κ2) is 6.63.